The summed E-state index contributed by atoms with van der Waals surface area (Å²) in [5.74, 6) is 0.127. The van der Waals surface area contributed by atoms with Crippen LogP contribution in [0, 0.1) is 5.92 Å². The summed E-state index contributed by atoms with van der Waals surface area (Å²) in [6.45, 7) is 27.7. The minimum Gasteiger partial charge on any atom is -0.417 e. The standard InChI is InChI=1S/C20H46O3Si2/c1-13-17(21)16(2)18(23-25(11,12)20(6,7)8)14-15-22-24(9,10)19(3,4)5/h16-18,21H,13-15H2,1-12H3/t16-,17+,18-/m0/s1. The second kappa shape index (κ2) is 9.00. The molecule has 0 saturated heterocycles. The molecule has 0 bridgehead atoms. The molecule has 0 aromatic carbocycles. The maximum atomic E-state index is 10.4. The average Bonchev–Trinajstić information content (AvgIpc) is 2.41. The van der Waals surface area contributed by atoms with Gasteiger partial charge in [0.05, 0.1) is 12.2 Å². The van der Waals surface area contributed by atoms with Crippen molar-refractivity contribution in [2.24, 2.45) is 5.92 Å². The van der Waals surface area contributed by atoms with Crippen molar-refractivity contribution in [3.05, 3.63) is 0 Å². The van der Waals surface area contributed by atoms with Gasteiger partial charge in [-0.3, -0.25) is 0 Å². The van der Waals surface area contributed by atoms with Crippen molar-refractivity contribution in [3.8, 4) is 0 Å². The largest absolute Gasteiger partial charge is 0.417 e. The van der Waals surface area contributed by atoms with E-state index in [-0.39, 0.29) is 28.2 Å². The minimum absolute atomic E-state index is 0.0561. The molecular formula is C20H46O3Si2. The molecule has 25 heavy (non-hydrogen) atoms. The van der Waals surface area contributed by atoms with Crippen LogP contribution in [-0.4, -0.2) is 40.6 Å². The lowest BCUT2D eigenvalue weighted by atomic mass is 9.94. The fraction of sp³-hybridized carbons (Fsp3) is 1.00. The fourth-order valence-electron chi connectivity index (χ4n) is 2.25. The molecule has 0 unspecified atom stereocenters. The molecule has 0 aromatic rings. The van der Waals surface area contributed by atoms with E-state index in [1.54, 1.807) is 0 Å². The van der Waals surface area contributed by atoms with Crippen molar-refractivity contribution < 1.29 is 14.0 Å². The monoisotopic (exact) mass is 390 g/mol. The fourth-order valence-corrected chi connectivity index (χ4v) is 4.75. The van der Waals surface area contributed by atoms with E-state index in [9.17, 15) is 5.11 Å². The highest BCUT2D eigenvalue weighted by atomic mass is 28.4. The lowest BCUT2D eigenvalue weighted by Gasteiger charge is -2.42. The van der Waals surface area contributed by atoms with Crippen LogP contribution in [0.4, 0.5) is 0 Å². The van der Waals surface area contributed by atoms with E-state index in [2.05, 4.69) is 74.7 Å². The van der Waals surface area contributed by atoms with E-state index in [4.69, 9.17) is 8.85 Å². The number of aliphatic hydroxyl groups excluding tert-OH is 1. The van der Waals surface area contributed by atoms with Crippen LogP contribution in [0.2, 0.25) is 36.3 Å². The van der Waals surface area contributed by atoms with E-state index in [1.165, 1.54) is 0 Å². The molecule has 0 amide bonds. The summed E-state index contributed by atoms with van der Waals surface area (Å²) in [5, 5.41) is 10.8. The Balaban J connectivity index is 5.12. The zero-order valence-corrected chi connectivity index (χ0v) is 21.1. The average molecular weight is 391 g/mol. The third-order valence-electron chi connectivity index (χ3n) is 6.54. The van der Waals surface area contributed by atoms with Gasteiger partial charge in [-0.05, 0) is 49.1 Å². The molecule has 3 nitrogen and oxygen atoms in total. The van der Waals surface area contributed by atoms with Gasteiger partial charge >= 0.3 is 0 Å². The Labute approximate surface area is 160 Å². The Hall–Kier alpha value is 0.314. The lowest BCUT2D eigenvalue weighted by Crippen LogP contribution is -2.48. The topological polar surface area (TPSA) is 38.7 Å². The summed E-state index contributed by atoms with van der Waals surface area (Å²) in [6.07, 6.45) is 1.36. The summed E-state index contributed by atoms with van der Waals surface area (Å²) in [5.41, 5.74) is 0. The van der Waals surface area contributed by atoms with Gasteiger partial charge in [0.1, 0.15) is 0 Å². The number of hydrogen-bond donors (Lipinski definition) is 1. The predicted octanol–water partition coefficient (Wildman–Crippen LogP) is 6.20. The van der Waals surface area contributed by atoms with Crippen molar-refractivity contribution in [2.75, 3.05) is 6.61 Å². The first kappa shape index (κ1) is 25.3. The SMILES string of the molecule is CC[C@@H](O)[C@H](C)[C@H](CCO[Si](C)(C)C(C)(C)C)O[Si](C)(C)C(C)(C)C. The molecule has 0 heterocycles. The molecule has 152 valence electrons. The highest BCUT2D eigenvalue weighted by Crippen LogP contribution is 2.40. The Morgan fingerprint density at radius 2 is 1.32 bits per heavy atom. The third kappa shape index (κ3) is 7.45. The van der Waals surface area contributed by atoms with E-state index in [0.717, 1.165) is 19.4 Å². The van der Waals surface area contributed by atoms with Crippen molar-refractivity contribution >= 4 is 16.6 Å². The molecule has 5 heteroatoms. The van der Waals surface area contributed by atoms with Crippen LogP contribution in [0.1, 0.15) is 68.2 Å². The van der Waals surface area contributed by atoms with E-state index >= 15 is 0 Å². The molecule has 0 aliphatic rings. The van der Waals surface area contributed by atoms with Gasteiger partial charge in [-0.1, -0.05) is 55.4 Å². The van der Waals surface area contributed by atoms with E-state index in [1.807, 2.05) is 6.92 Å². The van der Waals surface area contributed by atoms with Crippen LogP contribution in [0.3, 0.4) is 0 Å². The maximum absolute atomic E-state index is 10.4. The smallest absolute Gasteiger partial charge is 0.192 e. The number of rotatable bonds is 9. The number of hydrogen-bond acceptors (Lipinski definition) is 3. The summed E-state index contributed by atoms with van der Waals surface area (Å²) < 4.78 is 13.1. The van der Waals surface area contributed by atoms with Crippen molar-refractivity contribution in [1.82, 2.24) is 0 Å². The summed E-state index contributed by atoms with van der Waals surface area (Å²) in [7, 11) is -3.62. The number of aliphatic hydroxyl groups is 1. The van der Waals surface area contributed by atoms with Gasteiger partial charge in [-0.25, -0.2) is 0 Å². The van der Waals surface area contributed by atoms with E-state index in [0.29, 0.717) is 0 Å². The summed E-state index contributed by atoms with van der Waals surface area (Å²) in [4.78, 5) is 0. The van der Waals surface area contributed by atoms with Gasteiger partial charge in [0, 0.05) is 12.5 Å². The molecule has 0 fully saturated rings. The summed E-state index contributed by atoms with van der Waals surface area (Å²) >= 11 is 0. The highest BCUT2D eigenvalue weighted by Gasteiger charge is 2.41. The van der Waals surface area contributed by atoms with Crippen LogP contribution < -0.4 is 0 Å². The van der Waals surface area contributed by atoms with Crippen LogP contribution in [0.15, 0.2) is 0 Å². The zero-order chi connectivity index (χ0) is 20.3. The highest BCUT2D eigenvalue weighted by molar-refractivity contribution is 6.74. The van der Waals surface area contributed by atoms with Crippen molar-refractivity contribution in [2.45, 2.75) is 117 Å². The Kier molecular flexibility index (Phi) is 9.12. The Bertz CT molecular complexity index is 395. The normalized spacial score (nSPS) is 18.1. The van der Waals surface area contributed by atoms with Gasteiger partial charge in [-0.15, -0.1) is 0 Å². The Morgan fingerprint density at radius 1 is 0.880 bits per heavy atom. The van der Waals surface area contributed by atoms with Gasteiger partial charge in [0.15, 0.2) is 16.6 Å². The predicted molar refractivity (Wildman–Crippen MR) is 115 cm³/mol. The first-order chi connectivity index (χ1) is 11.0. The zero-order valence-electron chi connectivity index (χ0n) is 19.1. The molecule has 0 rings (SSSR count). The second-order valence-electron chi connectivity index (χ2n) is 10.6. The second-order valence-corrected chi connectivity index (χ2v) is 20.2. The van der Waals surface area contributed by atoms with Crippen LogP contribution in [0.5, 0.6) is 0 Å². The van der Waals surface area contributed by atoms with Crippen molar-refractivity contribution in [3.63, 3.8) is 0 Å². The Morgan fingerprint density at radius 3 is 1.68 bits per heavy atom. The first-order valence-electron chi connectivity index (χ1n) is 9.96. The molecule has 0 aromatic heterocycles. The lowest BCUT2D eigenvalue weighted by molar-refractivity contribution is 0.0157. The molecule has 3 atom stereocenters. The van der Waals surface area contributed by atoms with Gasteiger partial charge in [0.2, 0.25) is 0 Å². The summed E-state index contributed by atoms with van der Waals surface area (Å²) in [6, 6.07) is 0. The maximum Gasteiger partial charge on any atom is 0.192 e. The molecule has 0 aliphatic heterocycles. The minimum atomic E-state index is -1.88. The molecular weight excluding hydrogens is 344 g/mol. The van der Waals surface area contributed by atoms with Crippen LogP contribution in [0.25, 0.3) is 0 Å². The third-order valence-corrected chi connectivity index (χ3v) is 15.6. The van der Waals surface area contributed by atoms with E-state index < -0.39 is 16.6 Å². The van der Waals surface area contributed by atoms with Gasteiger partial charge in [-0.2, -0.15) is 0 Å². The molecule has 0 aliphatic carbocycles. The molecule has 1 N–H and O–H groups in total. The van der Waals surface area contributed by atoms with Crippen molar-refractivity contribution in [1.29, 1.82) is 0 Å². The van der Waals surface area contributed by atoms with Gasteiger partial charge in [0.25, 0.3) is 0 Å². The van der Waals surface area contributed by atoms with Crippen LogP contribution in [-0.2, 0) is 8.85 Å². The first-order valence-corrected chi connectivity index (χ1v) is 15.8. The molecule has 0 radical (unpaired) electrons. The molecule has 0 saturated carbocycles. The molecule has 0 spiro atoms. The quantitative estimate of drug-likeness (QED) is 0.477. The van der Waals surface area contributed by atoms with Gasteiger partial charge < -0.3 is 14.0 Å². The van der Waals surface area contributed by atoms with Crippen LogP contribution >= 0.6 is 0 Å².